The smallest absolute Gasteiger partial charge is 0.119 e. The van der Waals surface area contributed by atoms with Gasteiger partial charge in [0, 0.05) is 19.7 Å². The Labute approximate surface area is 98.2 Å². The van der Waals surface area contributed by atoms with Crippen molar-refractivity contribution >= 4 is 0 Å². The van der Waals surface area contributed by atoms with Crippen LogP contribution >= 0.6 is 0 Å². The quantitative estimate of drug-likeness (QED) is 0.771. The fourth-order valence-electron chi connectivity index (χ4n) is 2.52. The molecule has 1 saturated heterocycles. The number of likely N-dealkylation sites (tertiary alicyclic amines) is 1. The van der Waals surface area contributed by atoms with Gasteiger partial charge in [0.05, 0.1) is 0 Å². The van der Waals surface area contributed by atoms with Crippen LogP contribution in [0.5, 0.6) is 0 Å². The maximum atomic E-state index is 5.90. The van der Waals surface area contributed by atoms with E-state index >= 15 is 0 Å². The molecule has 0 bridgehead atoms. The van der Waals surface area contributed by atoms with Gasteiger partial charge in [-0.3, -0.25) is 4.90 Å². The first kappa shape index (κ1) is 11.6. The van der Waals surface area contributed by atoms with Gasteiger partial charge >= 0.3 is 0 Å². The second kappa shape index (κ2) is 4.98. The molecule has 1 fully saturated rings. The summed E-state index contributed by atoms with van der Waals surface area (Å²) in [5, 5.41) is 0. The van der Waals surface area contributed by atoms with Crippen molar-refractivity contribution in [3.05, 3.63) is 35.9 Å². The summed E-state index contributed by atoms with van der Waals surface area (Å²) in [6.07, 6.45) is 2.39. The van der Waals surface area contributed by atoms with Crippen LogP contribution in [0, 0.1) is 0 Å². The molecule has 1 aliphatic rings. The van der Waals surface area contributed by atoms with E-state index < -0.39 is 0 Å². The van der Waals surface area contributed by atoms with Crippen LogP contribution in [0.3, 0.4) is 0 Å². The molecule has 2 nitrogen and oxygen atoms in total. The molecule has 0 aliphatic carbocycles. The fraction of sp³-hybridized carbons (Fsp3) is 0.571. The van der Waals surface area contributed by atoms with Gasteiger partial charge in [0.15, 0.2) is 0 Å². The lowest BCUT2D eigenvalue weighted by atomic mass is 10.1. The first-order valence-electron chi connectivity index (χ1n) is 6.17. The predicted octanol–water partition coefficient (Wildman–Crippen LogP) is 3.04. The van der Waals surface area contributed by atoms with Crippen LogP contribution in [-0.4, -0.2) is 23.8 Å². The molecule has 88 valence electrons. The summed E-state index contributed by atoms with van der Waals surface area (Å²) in [4.78, 5) is 2.45. The molecule has 1 aromatic carbocycles. The molecule has 1 aliphatic heterocycles. The van der Waals surface area contributed by atoms with E-state index in [1.54, 1.807) is 0 Å². The Kier molecular flexibility index (Phi) is 3.62. The maximum Gasteiger partial charge on any atom is 0.119 e. The van der Waals surface area contributed by atoms with Gasteiger partial charge in [-0.15, -0.1) is 0 Å². The molecule has 0 N–H and O–H groups in total. The summed E-state index contributed by atoms with van der Waals surface area (Å²) in [7, 11) is 0. The van der Waals surface area contributed by atoms with Gasteiger partial charge in [-0.25, -0.2) is 0 Å². The SMILES string of the molecule is CCOC1(C)CCCN1Cc1ccccc1. The van der Waals surface area contributed by atoms with Crippen molar-refractivity contribution in [1.82, 2.24) is 4.90 Å². The van der Waals surface area contributed by atoms with Crippen molar-refractivity contribution in [3.8, 4) is 0 Å². The molecule has 1 unspecified atom stereocenters. The largest absolute Gasteiger partial charge is 0.361 e. The summed E-state index contributed by atoms with van der Waals surface area (Å²) in [6.45, 7) is 7.22. The average Bonchev–Trinajstić information content (AvgIpc) is 2.62. The fourth-order valence-corrected chi connectivity index (χ4v) is 2.52. The van der Waals surface area contributed by atoms with Crippen molar-refractivity contribution in [2.75, 3.05) is 13.2 Å². The topological polar surface area (TPSA) is 12.5 Å². The number of hydrogen-bond donors (Lipinski definition) is 0. The van der Waals surface area contributed by atoms with E-state index in [4.69, 9.17) is 4.74 Å². The first-order chi connectivity index (χ1) is 7.74. The summed E-state index contributed by atoms with van der Waals surface area (Å²) in [6, 6.07) is 10.6. The van der Waals surface area contributed by atoms with Gasteiger partial charge < -0.3 is 4.74 Å². The first-order valence-corrected chi connectivity index (χ1v) is 6.17. The minimum atomic E-state index is -0.0510. The Bertz CT molecular complexity index is 325. The Hall–Kier alpha value is -0.860. The monoisotopic (exact) mass is 219 g/mol. The van der Waals surface area contributed by atoms with E-state index in [9.17, 15) is 0 Å². The zero-order valence-corrected chi connectivity index (χ0v) is 10.3. The molecule has 2 heteroatoms. The number of nitrogens with zero attached hydrogens (tertiary/aromatic N) is 1. The minimum absolute atomic E-state index is 0.0510. The molecular weight excluding hydrogens is 198 g/mol. The summed E-state index contributed by atoms with van der Waals surface area (Å²) < 4.78 is 5.90. The lowest BCUT2D eigenvalue weighted by Gasteiger charge is -2.34. The molecule has 0 aromatic heterocycles. The van der Waals surface area contributed by atoms with Gasteiger partial charge in [-0.05, 0) is 32.3 Å². The molecule has 2 rings (SSSR count). The van der Waals surface area contributed by atoms with Crippen molar-refractivity contribution in [2.45, 2.75) is 39.0 Å². The summed E-state index contributed by atoms with van der Waals surface area (Å²) >= 11 is 0. The third-order valence-corrected chi connectivity index (χ3v) is 3.41. The van der Waals surface area contributed by atoms with Crippen LogP contribution in [0.4, 0.5) is 0 Å². The summed E-state index contributed by atoms with van der Waals surface area (Å²) in [5.41, 5.74) is 1.32. The number of benzene rings is 1. The molecular formula is C14H21NO. The maximum absolute atomic E-state index is 5.90. The van der Waals surface area contributed by atoms with E-state index in [0.29, 0.717) is 0 Å². The summed E-state index contributed by atoms with van der Waals surface area (Å²) in [5.74, 6) is 0. The lowest BCUT2D eigenvalue weighted by Crippen LogP contribution is -2.42. The van der Waals surface area contributed by atoms with Gasteiger partial charge in [-0.2, -0.15) is 0 Å². The zero-order chi connectivity index (χ0) is 11.4. The van der Waals surface area contributed by atoms with Crippen molar-refractivity contribution in [1.29, 1.82) is 0 Å². The molecule has 1 aromatic rings. The molecule has 0 radical (unpaired) electrons. The standard InChI is InChI=1S/C14H21NO/c1-3-16-14(2)10-7-11-15(14)12-13-8-5-4-6-9-13/h4-6,8-9H,3,7,10-12H2,1-2H3. The Morgan fingerprint density at radius 1 is 1.31 bits per heavy atom. The number of rotatable bonds is 4. The highest BCUT2D eigenvalue weighted by molar-refractivity contribution is 5.15. The van der Waals surface area contributed by atoms with Gasteiger partial charge in [0.2, 0.25) is 0 Å². The predicted molar refractivity (Wildman–Crippen MR) is 66.1 cm³/mol. The Morgan fingerprint density at radius 3 is 2.75 bits per heavy atom. The third kappa shape index (κ3) is 2.45. The van der Waals surface area contributed by atoms with Crippen molar-refractivity contribution in [2.24, 2.45) is 0 Å². The van der Waals surface area contributed by atoms with E-state index in [1.807, 2.05) is 0 Å². The van der Waals surface area contributed by atoms with Crippen LogP contribution in [0.25, 0.3) is 0 Å². The van der Waals surface area contributed by atoms with E-state index in [0.717, 1.165) is 26.1 Å². The van der Waals surface area contributed by atoms with E-state index in [1.165, 1.54) is 12.0 Å². The van der Waals surface area contributed by atoms with E-state index in [-0.39, 0.29) is 5.72 Å². The van der Waals surface area contributed by atoms with Gasteiger partial charge in [0.25, 0.3) is 0 Å². The van der Waals surface area contributed by atoms with Crippen LogP contribution in [-0.2, 0) is 11.3 Å². The second-order valence-electron chi connectivity index (χ2n) is 4.62. The zero-order valence-electron chi connectivity index (χ0n) is 10.3. The minimum Gasteiger partial charge on any atom is -0.361 e. The van der Waals surface area contributed by atoms with Crippen LogP contribution in [0.2, 0.25) is 0 Å². The number of ether oxygens (including phenoxy) is 1. The van der Waals surface area contributed by atoms with Crippen molar-refractivity contribution in [3.63, 3.8) is 0 Å². The molecule has 0 amide bonds. The van der Waals surface area contributed by atoms with Crippen LogP contribution < -0.4 is 0 Å². The highest BCUT2D eigenvalue weighted by Gasteiger charge is 2.36. The molecule has 1 heterocycles. The van der Waals surface area contributed by atoms with Crippen molar-refractivity contribution < 1.29 is 4.74 Å². The van der Waals surface area contributed by atoms with Gasteiger partial charge in [-0.1, -0.05) is 30.3 Å². The second-order valence-corrected chi connectivity index (χ2v) is 4.62. The normalized spacial score (nSPS) is 26.1. The highest BCUT2D eigenvalue weighted by atomic mass is 16.5. The van der Waals surface area contributed by atoms with Crippen LogP contribution in [0.15, 0.2) is 30.3 Å². The average molecular weight is 219 g/mol. The third-order valence-electron chi connectivity index (χ3n) is 3.41. The lowest BCUT2D eigenvalue weighted by molar-refractivity contribution is -0.121. The van der Waals surface area contributed by atoms with Gasteiger partial charge in [0.1, 0.15) is 5.72 Å². The molecule has 0 saturated carbocycles. The van der Waals surface area contributed by atoms with Crippen LogP contribution in [0.1, 0.15) is 32.3 Å². The molecule has 1 atom stereocenters. The van der Waals surface area contributed by atoms with E-state index in [2.05, 4.69) is 49.1 Å². The Balaban J connectivity index is 2.04. The number of hydrogen-bond acceptors (Lipinski definition) is 2. The molecule has 16 heavy (non-hydrogen) atoms. The molecule has 0 spiro atoms. The highest BCUT2D eigenvalue weighted by Crippen LogP contribution is 2.31. The Morgan fingerprint density at radius 2 is 2.06 bits per heavy atom.